The highest BCUT2D eigenvalue weighted by Gasteiger charge is 2.12. The third-order valence-electron chi connectivity index (χ3n) is 2.29. The fourth-order valence-corrected chi connectivity index (χ4v) is 1.63. The Labute approximate surface area is 105 Å². The lowest BCUT2D eigenvalue weighted by molar-refractivity contribution is 0.0880. The molecule has 1 N–H and O–H groups in total. The quantitative estimate of drug-likeness (QED) is 0.907. The van der Waals surface area contributed by atoms with Crippen molar-refractivity contribution in [1.82, 2.24) is 0 Å². The number of aliphatic hydroxyl groups excluding tert-OH is 1. The van der Waals surface area contributed by atoms with Crippen molar-refractivity contribution in [3.63, 3.8) is 0 Å². The van der Waals surface area contributed by atoms with E-state index in [0.717, 1.165) is 5.76 Å². The number of hydrogen-bond acceptors (Lipinski definition) is 3. The fourth-order valence-electron chi connectivity index (χ4n) is 1.45. The molecule has 1 heterocycles. The van der Waals surface area contributed by atoms with Gasteiger partial charge in [0.25, 0.3) is 0 Å². The third-order valence-corrected chi connectivity index (χ3v) is 2.53. The van der Waals surface area contributed by atoms with E-state index in [1.54, 1.807) is 36.4 Å². The van der Waals surface area contributed by atoms with Gasteiger partial charge in [0.05, 0.1) is 0 Å². The molecule has 0 fully saturated rings. The Balaban J connectivity index is 1.94. The molecule has 0 amide bonds. The largest absolute Gasteiger partial charge is 0.490 e. The summed E-state index contributed by atoms with van der Waals surface area (Å²) in [6.45, 7) is 1.96. The topological polar surface area (TPSA) is 42.6 Å². The standard InChI is InChI=1S/C13H13ClO3/c1-9-5-6-13(17-9)12(15)8-16-11-4-2-3-10(14)7-11/h2-7,12,15H,8H2,1H3. The molecule has 2 aromatic rings. The van der Waals surface area contributed by atoms with Crippen LogP contribution in [0.15, 0.2) is 40.8 Å². The van der Waals surface area contributed by atoms with E-state index in [2.05, 4.69) is 0 Å². The Hall–Kier alpha value is -1.45. The molecule has 1 aromatic heterocycles. The van der Waals surface area contributed by atoms with Crippen LogP contribution in [0.25, 0.3) is 0 Å². The monoisotopic (exact) mass is 252 g/mol. The Morgan fingerprint density at radius 3 is 2.82 bits per heavy atom. The summed E-state index contributed by atoms with van der Waals surface area (Å²) in [6, 6.07) is 10.6. The van der Waals surface area contributed by atoms with Crippen LogP contribution in [0.2, 0.25) is 5.02 Å². The zero-order valence-electron chi connectivity index (χ0n) is 9.39. The molecule has 1 atom stereocenters. The predicted octanol–water partition coefficient (Wildman–Crippen LogP) is 3.35. The zero-order chi connectivity index (χ0) is 12.3. The smallest absolute Gasteiger partial charge is 0.145 e. The fraction of sp³-hybridized carbons (Fsp3) is 0.231. The molecule has 4 heteroatoms. The molecule has 0 bridgehead atoms. The summed E-state index contributed by atoms with van der Waals surface area (Å²) in [6.07, 6.45) is -0.775. The molecular weight excluding hydrogens is 240 g/mol. The van der Waals surface area contributed by atoms with Gasteiger partial charge in [-0.2, -0.15) is 0 Å². The number of furan rings is 1. The summed E-state index contributed by atoms with van der Waals surface area (Å²) in [7, 11) is 0. The first-order valence-electron chi connectivity index (χ1n) is 5.28. The van der Waals surface area contributed by atoms with Gasteiger partial charge in [0.15, 0.2) is 0 Å². The lowest BCUT2D eigenvalue weighted by Gasteiger charge is -2.10. The number of aliphatic hydroxyl groups is 1. The molecule has 1 unspecified atom stereocenters. The van der Waals surface area contributed by atoms with Crippen LogP contribution in [0.1, 0.15) is 17.6 Å². The highest BCUT2D eigenvalue weighted by atomic mass is 35.5. The van der Waals surface area contributed by atoms with Gasteiger partial charge >= 0.3 is 0 Å². The number of halogens is 1. The highest BCUT2D eigenvalue weighted by molar-refractivity contribution is 6.30. The van der Waals surface area contributed by atoms with E-state index in [9.17, 15) is 5.11 Å². The lowest BCUT2D eigenvalue weighted by atomic mass is 10.3. The van der Waals surface area contributed by atoms with E-state index >= 15 is 0 Å². The van der Waals surface area contributed by atoms with E-state index in [1.165, 1.54) is 0 Å². The van der Waals surface area contributed by atoms with Gasteiger partial charge in [-0.15, -0.1) is 0 Å². The van der Waals surface area contributed by atoms with Crippen LogP contribution < -0.4 is 4.74 Å². The molecule has 0 aliphatic heterocycles. The van der Waals surface area contributed by atoms with Crippen molar-refractivity contribution >= 4 is 11.6 Å². The maximum Gasteiger partial charge on any atom is 0.145 e. The van der Waals surface area contributed by atoms with E-state index < -0.39 is 6.10 Å². The first-order valence-corrected chi connectivity index (χ1v) is 5.66. The summed E-state index contributed by atoms with van der Waals surface area (Å²) >= 11 is 5.82. The van der Waals surface area contributed by atoms with Gasteiger partial charge in [0.2, 0.25) is 0 Å². The molecule has 0 saturated heterocycles. The summed E-state index contributed by atoms with van der Waals surface area (Å²) in [4.78, 5) is 0. The molecule has 0 spiro atoms. The first kappa shape index (κ1) is 12.0. The number of benzene rings is 1. The van der Waals surface area contributed by atoms with Gasteiger partial charge in [-0.1, -0.05) is 17.7 Å². The summed E-state index contributed by atoms with van der Waals surface area (Å²) in [5.41, 5.74) is 0. The van der Waals surface area contributed by atoms with Gasteiger partial charge < -0.3 is 14.3 Å². The van der Waals surface area contributed by atoms with E-state index in [1.807, 2.05) is 6.92 Å². The highest BCUT2D eigenvalue weighted by Crippen LogP contribution is 2.20. The Bertz CT molecular complexity index is 493. The average Bonchev–Trinajstić information content (AvgIpc) is 2.73. The van der Waals surface area contributed by atoms with Crippen molar-refractivity contribution in [3.05, 3.63) is 52.9 Å². The van der Waals surface area contributed by atoms with Gasteiger partial charge in [-0.25, -0.2) is 0 Å². The molecule has 0 saturated carbocycles. The van der Waals surface area contributed by atoms with E-state index in [-0.39, 0.29) is 6.61 Å². The minimum Gasteiger partial charge on any atom is -0.490 e. The van der Waals surface area contributed by atoms with Crippen molar-refractivity contribution in [1.29, 1.82) is 0 Å². The van der Waals surface area contributed by atoms with Gasteiger partial charge in [0.1, 0.15) is 30.0 Å². The lowest BCUT2D eigenvalue weighted by Crippen LogP contribution is -2.08. The van der Waals surface area contributed by atoms with Crippen molar-refractivity contribution < 1.29 is 14.3 Å². The van der Waals surface area contributed by atoms with Gasteiger partial charge in [-0.05, 0) is 37.3 Å². The summed E-state index contributed by atoms with van der Waals surface area (Å²) in [5.74, 6) is 1.89. The molecule has 0 radical (unpaired) electrons. The molecule has 2 rings (SSSR count). The van der Waals surface area contributed by atoms with Crippen LogP contribution >= 0.6 is 11.6 Å². The molecule has 3 nitrogen and oxygen atoms in total. The maximum atomic E-state index is 9.81. The average molecular weight is 253 g/mol. The van der Waals surface area contributed by atoms with Gasteiger partial charge in [-0.3, -0.25) is 0 Å². The van der Waals surface area contributed by atoms with Crippen molar-refractivity contribution in [2.75, 3.05) is 6.61 Å². The molecule has 17 heavy (non-hydrogen) atoms. The molecule has 1 aromatic carbocycles. The number of hydrogen-bond donors (Lipinski definition) is 1. The van der Waals surface area contributed by atoms with Crippen LogP contribution in [0.4, 0.5) is 0 Å². The van der Waals surface area contributed by atoms with Crippen LogP contribution in [0.3, 0.4) is 0 Å². The first-order chi connectivity index (χ1) is 8.15. The molecule has 90 valence electrons. The van der Waals surface area contributed by atoms with Crippen molar-refractivity contribution in [2.45, 2.75) is 13.0 Å². The van der Waals surface area contributed by atoms with Crippen molar-refractivity contribution in [2.24, 2.45) is 0 Å². The molecule has 0 aliphatic rings. The Morgan fingerprint density at radius 2 is 2.18 bits per heavy atom. The van der Waals surface area contributed by atoms with E-state index in [0.29, 0.717) is 16.5 Å². The minimum absolute atomic E-state index is 0.132. The predicted molar refractivity (Wildman–Crippen MR) is 65.4 cm³/mol. The second-order valence-corrected chi connectivity index (χ2v) is 4.17. The number of ether oxygens (including phenoxy) is 1. The summed E-state index contributed by atoms with van der Waals surface area (Å²) in [5, 5.41) is 10.4. The maximum absolute atomic E-state index is 9.81. The number of aryl methyl sites for hydroxylation is 1. The molecule has 0 aliphatic carbocycles. The SMILES string of the molecule is Cc1ccc(C(O)COc2cccc(Cl)c2)o1. The van der Waals surface area contributed by atoms with Crippen molar-refractivity contribution in [3.8, 4) is 5.75 Å². The van der Waals surface area contributed by atoms with Crippen LogP contribution in [-0.2, 0) is 0 Å². The Morgan fingerprint density at radius 1 is 1.35 bits per heavy atom. The normalized spacial score (nSPS) is 12.4. The third kappa shape index (κ3) is 3.25. The second kappa shape index (κ2) is 5.25. The second-order valence-electron chi connectivity index (χ2n) is 3.73. The zero-order valence-corrected chi connectivity index (χ0v) is 10.1. The van der Waals surface area contributed by atoms with Crippen LogP contribution in [0.5, 0.6) is 5.75 Å². The van der Waals surface area contributed by atoms with Gasteiger partial charge in [0, 0.05) is 5.02 Å². The summed E-state index contributed by atoms with van der Waals surface area (Å²) < 4.78 is 10.7. The molecular formula is C13H13ClO3. The number of rotatable bonds is 4. The van der Waals surface area contributed by atoms with E-state index in [4.69, 9.17) is 20.8 Å². The Kier molecular flexibility index (Phi) is 3.71. The minimum atomic E-state index is -0.775. The van der Waals surface area contributed by atoms with Crippen LogP contribution in [0, 0.1) is 6.92 Å². The van der Waals surface area contributed by atoms with Crippen LogP contribution in [-0.4, -0.2) is 11.7 Å².